The van der Waals surface area contributed by atoms with E-state index < -0.39 is 41.2 Å². The molecule has 2 unspecified atom stereocenters. The Labute approximate surface area is 251 Å². The lowest BCUT2D eigenvalue weighted by molar-refractivity contribution is -0.347. The van der Waals surface area contributed by atoms with E-state index in [4.69, 9.17) is 0 Å². The fourth-order valence-electron chi connectivity index (χ4n) is 8.04. The third-order valence-corrected chi connectivity index (χ3v) is 10.4. The van der Waals surface area contributed by atoms with Crippen LogP contribution in [-0.2, 0) is 0 Å². The van der Waals surface area contributed by atoms with Crippen molar-refractivity contribution in [1.29, 1.82) is 0 Å². The summed E-state index contributed by atoms with van der Waals surface area (Å²) in [5.74, 6) is 0.139. The lowest BCUT2D eigenvalue weighted by atomic mass is 9.55. The normalized spacial score (nSPS) is 32.9. The van der Waals surface area contributed by atoms with Crippen LogP contribution in [0.2, 0.25) is 0 Å². The third kappa shape index (κ3) is 7.79. The van der Waals surface area contributed by atoms with Crippen molar-refractivity contribution in [2.24, 2.45) is 22.7 Å². The van der Waals surface area contributed by atoms with Crippen LogP contribution in [0, 0.1) is 22.7 Å². The first-order valence-electron chi connectivity index (χ1n) is 15.2. The van der Waals surface area contributed by atoms with Crippen molar-refractivity contribution in [3.05, 3.63) is 47.6 Å². The SMILES string of the molecule is C=C1C(=CC=C2CCC[C@@]3(C)C2CC[C@@H]3C(C)(CC=CC(O)(C(F)(F)F)C(F)(F)F)CCCC(C)(C)O)C[C@@H](O)C[C@@H]1O. The molecule has 0 spiro atoms. The minimum Gasteiger partial charge on any atom is -0.393 e. The number of allylic oxidation sites excluding steroid dienone is 4. The average molecular weight is 623 g/mol. The van der Waals surface area contributed by atoms with Crippen molar-refractivity contribution in [3.63, 3.8) is 0 Å². The Hall–Kier alpha value is -1.62. The smallest absolute Gasteiger partial charge is 0.393 e. The minimum absolute atomic E-state index is 0.0223. The number of fused-ring (bicyclic) bond motifs is 1. The second-order valence-corrected chi connectivity index (χ2v) is 14.3. The minimum atomic E-state index is -5.92. The molecule has 3 saturated carbocycles. The molecule has 0 aliphatic heterocycles. The Morgan fingerprint density at radius 1 is 0.953 bits per heavy atom. The van der Waals surface area contributed by atoms with E-state index in [0.717, 1.165) is 43.8 Å². The Bertz CT molecular complexity index is 1080. The largest absolute Gasteiger partial charge is 0.429 e. The molecule has 246 valence electrons. The van der Waals surface area contributed by atoms with Gasteiger partial charge in [0.05, 0.1) is 17.8 Å². The van der Waals surface area contributed by atoms with Gasteiger partial charge in [0.2, 0.25) is 0 Å². The molecule has 0 aromatic rings. The number of rotatable bonds is 9. The fourth-order valence-corrected chi connectivity index (χ4v) is 8.04. The van der Waals surface area contributed by atoms with Crippen molar-refractivity contribution in [2.45, 2.75) is 134 Å². The van der Waals surface area contributed by atoms with Crippen molar-refractivity contribution in [2.75, 3.05) is 0 Å². The molecule has 0 saturated heterocycles. The van der Waals surface area contributed by atoms with Gasteiger partial charge >= 0.3 is 12.4 Å². The molecule has 3 fully saturated rings. The van der Waals surface area contributed by atoms with Crippen molar-refractivity contribution in [3.8, 4) is 0 Å². The summed E-state index contributed by atoms with van der Waals surface area (Å²) in [6, 6.07) is 0. The van der Waals surface area contributed by atoms with E-state index in [1.54, 1.807) is 13.8 Å². The number of hydrogen-bond donors (Lipinski definition) is 4. The Morgan fingerprint density at radius 3 is 2.16 bits per heavy atom. The van der Waals surface area contributed by atoms with Crippen LogP contribution < -0.4 is 0 Å². The summed E-state index contributed by atoms with van der Waals surface area (Å²) in [5, 5.41) is 40.3. The third-order valence-electron chi connectivity index (χ3n) is 10.4. The molecular formula is C33H48F6O4. The number of aliphatic hydroxyl groups excluding tert-OH is 2. The van der Waals surface area contributed by atoms with Crippen molar-refractivity contribution < 1.29 is 46.8 Å². The zero-order chi connectivity index (χ0) is 32.6. The van der Waals surface area contributed by atoms with Gasteiger partial charge in [-0.05, 0) is 112 Å². The van der Waals surface area contributed by atoms with Gasteiger partial charge in [-0.25, -0.2) is 0 Å². The molecule has 0 aromatic heterocycles. The van der Waals surface area contributed by atoms with E-state index in [1.165, 1.54) is 5.57 Å². The molecule has 3 rings (SSSR count). The summed E-state index contributed by atoms with van der Waals surface area (Å²) in [7, 11) is 0. The Balaban J connectivity index is 1.93. The van der Waals surface area contributed by atoms with Crippen molar-refractivity contribution in [1.82, 2.24) is 0 Å². The molecule has 0 bridgehead atoms. The molecule has 4 N–H and O–H groups in total. The standard InChI is InChI=1S/C33H48F6O4/c1-21-23(19-24(40)20-26(21)41)11-10-22-9-6-17-30(5)25(22)12-13-27(30)29(4,15-7-14-28(2,3)42)16-8-18-31(43,32(34,35)36)33(37,38)39/h8,10-11,18,24-27,40-43H,1,6-7,9,12-17,19-20H2,2-5H3/t24-,25?,26+,27-,29?,30+/m1/s1. The summed E-state index contributed by atoms with van der Waals surface area (Å²) in [4.78, 5) is 0. The number of alkyl halides is 6. The van der Waals surface area contributed by atoms with Crippen LogP contribution in [0.1, 0.15) is 98.3 Å². The van der Waals surface area contributed by atoms with Crippen LogP contribution in [0.15, 0.2) is 47.6 Å². The highest BCUT2D eigenvalue weighted by Gasteiger charge is 2.69. The molecular weight excluding hydrogens is 574 g/mol. The quantitative estimate of drug-likeness (QED) is 0.156. The van der Waals surface area contributed by atoms with Gasteiger partial charge in [0.25, 0.3) is 5.60 Å². The molecule has 0 heterocycles. The van der Waals surface area contributed by atoms with Crippen LogP contribution in [-0.4, -0.2) is 56.2 Å². The second-order valence-electron chi connectivity index (χ2n) is 14.3. The van der Waals surface area contributed by atoms with E-state index in [9.17, 15) is 46.8 Å². The summed E-state index contributed by atoms with van der Waals surface area (Å²) in [6.07, 6.45) is -2.44. The summed E-state index contributed by atoms with van der Waals surface area (Å²) >= 11 is 0. The van der Waals surface area contributed by atoms with Crippen LogP contribution >= 0.6 is 0 Å². The van der Waals surface area contributed by atoms with Gasteiger partial charge in [0, 0.05) is 6.42 Å². The predicted octanol–water partition coefficient (Wildman–Crippen LogP) is 7.88. The van der Waals surface area contributed by atoms with Gasteiger partial charge in [-0.1, -0.05) is 50.6 Å². The highest BCUT2D eigenvalue weighted by molar-refractivity contribution is 5.38. The van der Waals surface area contributed by atoms with Gasteiger partial charge in [-0.3, -0.25) is 0 Å². The summed E-state index contributed by atoms with van der Waals surface area (Å²) in [5.41, 5.74) is -4.25. The summed E-state index contributed by atoms with van der Waals surface area (Å²) in [6.45, 7) is 11.4. The first-order valence-corrected chi connectivity index (χ1v) is 15.2. The fraction of sp³-hybridized carbons (Fsp3) is 0.758. The molecule has 3 aliphatic carbocycles. The van der Waals surface area contributed by atoms with E-state index in [-0.39, 0.29) is 36.2 Å². The maximum atomic E-state index is 13.4. The molecule has 10 heteroatoms. The molecule has 4 nitrogen and oxygen atoms in total. The topological polar surface area (TPSA) is 80.9 Å². The number of halogens is 6. The average Bonchev–Trinajstić information content (AvgIpc) is 3.21. The van der Waals surface area contributed by atoms with E-state index in [2.05, 4.69) is 13.5 Å². The molecule has 0 aromatic carbocycles. The van der Waals surface area contributed by atoms with Gasteiger partial charge in [0.15, 0.2) is 0 Å². The lowest BCUT2D eigenvalue weighted by Gasteiger charge is -2.49. The van der Waals surface area contributed by atoms with E-state index in [0.29, 0.717) is 31.3 Å². The molecule has 43 heavy (non-hydrogen) atoms. The lowest BCUT2D eigenvalue weighted by Crippen LogP contribution is -2.55. The zero-order valence-electron chi connectivity index (χ0n) is 25.7. The molecule has 0 amide bonds. The zero-order valence-corrected chi connectivity index (χ0v) is 25.7. The predicted molar refractivity (Wildman–Crippen MR) is 154 cm³/mol. The molecule has 3 aliphatic rings. The van der Waals surface area contributed by atoms with E-state index in [1.807, 2.05) is 19.1 Å². The maximum Gasteiger partial charge on any atom is 0.429 e. The second kappa shape index (κ2) is 12.6. The highest BCUT2D eigenvalue weighted by Crippen LogP contribution is 2.64. The van der Waals surface area contributed by atoms with Gasteiger partial charge < -0.3 is 20.4 Å². The van der Waals surface area contributed by atoms with Gasteiger partial charge in [-0.15, -0.1) is 0 Å². The maximum absolute atomic E-state index is 13.4. The first-order chi connectivity index (χ1) is 19.5. The Kier molecular flexibility index (Phi) is 10.5. The van der Waals surface area contributed by atoms with Crippen LogP contribution in [0.5, 0.6) is 0 Å². The van der Waals surface area contributed by atoms with Crippen LogP contribution in [0.4, 0.5) is 26.3 Å². The molecule has 0 radical (unpaired) electrons. The van der Waals surface area contributed by atoms with Gasteiger partial charge in [-0.2, -0.15) is 26.3 Å². The van der Waals surface area contributed by atoms with Crippen molar-refractivity contribution >= 4 is 0 Å². The monoisotopic (exact) mass is 622 g/mol. The number of hydrogen-bond acceptors (Lipinski definition) is 4. The Morgan fingerprint density at radius 2 is 1.58 bits per heavy atom. The molecule has 6 atom stereocenters. The van der Waals surface area contributed by atoms with Crippen LogP contribution in [0.3, 0.4) is 0 Å². The van der Waals surface area contributed by atoms with E-state index >= 15 is 0 Å². The van der Waals surface area contributed by atoms with Gasteiger partial charge in [0.1, 0.15) is 0 Å². The van der Waals surface area contributed by atoms with Crippen LogP contribution in [0.25, 0.3) is 0 Å². The first kappa shape index (κ1) is 35.9. The number of aliphatic hydroxyl groups is 4. The highest BCUT2D eigenvalue weighted by atomic mass is 19.4. The summed E-state index contributed by atoms with van der Waals surface area (Å²) < 4.78 is 80.2.